The summed E-state index contributed by atoms with van der Waals surface area (Å²) in [6.07, 6.45) is 4.56. The van der Waals surface area contributed by atoms with Gasteiger partial charge in [-0.15, -0.1) is 0 Å². The first-order valence-corrected chi connectivity index (χ1v) is 4.03. The Labute approximate surface area is 86.9 Å². The number of hydrogen-bond donors (Lipinski definition) is 1. The van der Waals surface area contributed by atoms with Gasteiger partial charge in [0, 0.05) is 11.6 Å². The molecule has 5 nitrogen and oxygen atoms in total. The maximum absolute atomic E-state index is 10.6. The van der Waals surface area contributed by atoms with Crippen molar-refractivity contribution >= 4 is 5.97 Å². The Bertz CT molecular complexity index is 352. The molecule has 0 spiro atoms. The number of hydrogen-bond acceptors (Lipinski definition) is 3. The molecule has 0 unspecified atom stereocenters. The van der Waals surface area contributed by atoms with Crippen LogP contribution in [0, 0.1) is 10.1 Å². The molecular formula is C10H11NO4. The van der Waals surface area contributed by atoms with Crippen molar-refractivity contribution in [1.82, 2.24) is 0 Å². The monoisotopic (exact) mass is 209 g/mol. The van der Waals surface area contributed by atoms with Gasteiger partial charge >= 0.3 is 5.97 Å². The molecule has 0 bridgehead atoms. The second kappa shape index (κ2) is 6.31. The van der Waals surface area contributed by atoms with E-state index in [0.29, 0.717) is 0 Å². The fourth-order valence-corrected chi connectivity index (χ4v) is 0.937. The Balaban J connectivity index is 5.19. The van der Waals surface area contributed by atoms with Crippen LogP contribution < -0.4 is 0 Å². The van der Waals surface area contributed by atoms with Gasteiger partial charge in [0.15, 0.2) is 0 Å². The van der Waals surface area contributed by atoms with E-state index in [2.05, 4.69) is 13.2 Å². The van der Waals surface area contributed by atoms with Gasteiger partial charge in [0.2, 0.25) is 0 Å². The predicted molar refractivity (Wildman–Crippen MR) is 55.8 cm³/mol. The molecule has 0 amide bonds. The van der Waals surface area contributed by atoms with E-state index < -0.39 is 17.3 Å². The summed E-state index contributed by atoms with van der Waals surface area (Å²) in [4.78, 5) is 20.4. The van der Waals surface area contributed by atoms with Crippen LogP contribution >= 0.6 is 0 Å². The molecule has 0 aromatic heterocycles. The van der Waals surface area contributed by atoms with Gasteiger partial charge < -0.3 is 5.11 Å². The zero-order valence-corrected chi connectivity index (χ0v) is 8.05. The van der Waals surface area contributed by atoms with Crippen molar-refractivity contribution in [3.8, 4) is 0 Å². The highest BCUT2D eigenvalue weighted by molar-refractivity contribution is 5.71. The van der Waals surface area contributed by atoms with Crippen LogP contribution in [-0.2, 0) is 4.79 Å². The summed E-state index contributed by atoms with van der Waals surface area (Å²) in [6.45, 7) is 6.69. The van der Waals surface area contributed by atoms with Crippen molar-refractivity contribution in [1.29, 1.82) is 0 Å². The molecule has 0 saturated heterocycles. The first-order valence-electron chi connectivity index (χ1n) is 4.03. The molecule has 0 rings (SSSR count). The van der Waals surface area contributed by atoms with Crippen LogP contribution in [0.3, 0.4) is 0 Å². The highest BCUT2D eigenvalue weighted by Gasteiger charge is 2.18. The van der Waals surface area contributed by atoms with E-state index in [1.165, 1.54) is 18.2 Å². The van der Waals surface area contributed by atoms with Crippen molar-refractivity contribution < 1.29 is 14.8 Å². The van der Waals surface area contributed by atoms with E-state index in [0.717, 1.165) is 6.08 Å². The van der Waals surface area contributed by atoms with Crippen molar-refractivity contribution in [2.75, 3.05) is 0 Å². The third-order valence-corrected chi connectivity index (χ3v) is 1.46. The number of nitro groups is 1. The maximum Gasteiger partial charge on any atom is 0.308 e. The molecule has 1 N–H and O–H groups in total. The van der Waals surface area contributed by atoms with E-state index in [-0.39, 0.29) is 11.3 Å². The summed E-state index contributed by atoms with van der Waals surface area (Å²) < 4.78 is 0. The van der Waals surface area contributed by atoms with Crippen molar-refractivity contribution in [3.63, 3.8) is 0 Å². The molecule has 0 saturated carbocycles. The molecule has 0 aromatic carbocycles. The summed E-state index contributed by atoms with van der Waals surface area (Å²) in [7, 11) is 0. The topological polar surface area (TPSA) is 80.4 Å². The first-order chi connectivity index (χ1) is 7.02. The van der Waals surface area contributed by atoms with Crippen molar-refractivity contribution in [2.24, 2.45) is 0 Å². The second-order valence-electron chi connectivity index (χ2n) is 2.54. The molecule has 0 atom stereocenters. The summed E-state index contributed by atoms with van der Waals surface area (Å²) in [6, 6.07) is 0. The Kier molecular flexibility index (Phi) is 5.40. The third-order valence-electron chi connectivity index (χ3n) is 1.46. The molecule has 0 aliphatic heterocycles. The minimum Gasteiger partial charge on any atom is -0.481 e. The van der Waals surface area contributed by atoms with E-state index in [9.17, 15) is 14.9 Å². The van der Waals surface area contributed by atoms with Gasteiger partial charge in [0.1, 0.15) is 0 Å². The Morgan fingerprint density at radius 2 is 1.87 bits per heavy atom. The van der Waals surface area contributed by atoms with Gasteiger partial charge in [-0.05, 0) is 0 Å². The van der Waals surface area contributed by atoms with Crippen LogP contribution in [0.1, 0.15) is 6.42 Å². The number of aliphatic carboxylic acids is 1. The quantitative estimate of drug-likeness (QED) is 0.411. The molecule has 0 aliphatic carbocycles. The third kappa shape index (κ3) is 4.56. The van der Waals surface area contributed by atoms with E-state index in [4.69, 9.17) is 5.11 Å². The number of nitrogens with zero attached hydrogens (tertiary/aromatic N) is 1. The van der Waals surface area contributed by atoms with Crippen LogP contribution in [0.5, 0.6) is 0 Å². The average molecular weight is 209 g/mol. The smallest absolute Gasteiger partial charge is 0.308 e. The van der Waals surface area contributed by atoms with Crippen LogP contribution in [0.25, 0.3) is 0 Å². The van der Waals surface area contributed by atoms with Crippen LogP contribution in [0.15, 0.2) is 48.7 Å². The largest absolute Gasteiger partial charge is 0.481 e. The number of carbonyl (C=O) groups is 1. The summed E-state index contributed by atoms with van der Waals surface area (Å²) in [5, 5.41) is 19.2. The van der Waals surface area contributed by atoms with Crippen LogP contribution in [0.2, 0.25) is 0 Å². The fourth-order valence-electron chi connectivity index (χ4n) is 0.937. The zero-order chi connectivity index (χ0) is 11.8. The molecular weight excluding hydrogens is 198 g/mol. The van der Waals surface area contributed by atoms with E-state index in [1.54, 1.807) is 0 Å². The fraction of sp³-hybridized carbons (Fsp3) is 0.100. The van der Waals surface area contributed by atoms with E-state index in [1.807, 2.05) is 0 Å². The van der Waals surface area contributed by atoms with Crippen molar-refractivity contribution in [3.05, 3.63) is 58.8 Å². The van der Waals surface area contributed by atoms with Gasteiger partial charge in [0.25, 0.3) is 5.70 Å². The molecule has 0 aliphatic rings. The molecule has 0 fully saturated rings. The standard InChI is InChI=1S/C10H11NO4/c1-3-5-8(7-10(12)13)9(6-4-2)11(14)15/h3-6H,1-2,7H2,(H,12,13)/b8-5-,9-6+. The Hall–Kier alpha value is -2.17. The maximum atomic E-state index is 10.6. The SMILES string of the molecule is C=C/C=C(CC(=O)O)\C(=C/C=C)[N+](=O)[O-]. The lowest BCUT2D eigenvalue weighted by Crippen LogP contribution is -2.06. The lowest BCUT2D eigenvalue weighted by molar-refractivity contribution is -0.420. The summed E-state index contributed by atoms with van der Waals surface area (Å²) >= 11 is 0. The molecule has 0 aromatic rings. The summed E-state index contributed by atoms with van der Waals surface area (Å²) in [5.74, 6) is -1.14. The van der Waals surface area contributed by atoms with Crippen LogP contribution in [0.4, 0.5) is 0 Å². The molecule has 15 heavy (non-hydrogen) atoms. The van der Waals surface area contributed by atoms with Gasteiger partial charge in [-0.2, -0.15) is 0 Å². The van der Waals surface area contributed by atoms with Gasteiger partial charge in [-0.1, -0.05) is 31.4 Å². The molecule has 0 radical (unpaired) electrons. The van der Waals surface area contributed by atoms with E-state index >= 15 is 0 Å². The van der Waals surface area contributed by atoms with Gasteiger partial charge in [-0.3, -0.25) is 14.9 Å². The number of carboxylic acid groups (broad SMARTS) is 1. The molecule has 5 heteroatoms. The van der Waals surface area contributed by atoms with Gasteiger partial charge in [0.05, 0.1) is 11.3 Å². The molecule has 80 valence electrons. The number of carboxylic acids is 1. The Morgan fingerprint density at radius 3 is 2.20 bits per heavy atom. The molecule has 0 heterocycles. The number of allylic oxidation sites excluding steroid dienone is 5. The minimum absolute atomic E-state index is 0.0856. The first kappa shape index (κ1) is 12.8. The average Bonchev–Trinajstić information content (AvgIpc) is 2.12. The highest BCUT2D eigenvalue weighted by Crippen LogP contribution is 2.15. The highest BCUT2D eigenvalue weighted by atomic mass is 16.6. The summed E-state index contributed by atoms with van der Waals surface area (Å²) in [5.41, 5.74) is -0.199. The zero-order valence-electron chi connectivity index (χ0n) is 8.05. The normalized spacial score (nSPS) is 12.0. The van der Waals surface area contributed by atoms with Crippen molar-refractivity contribution in [2.45, 2.75) is 6.42 Å². The lowest BCUT2D eigenvalue weighted by atomic mass is 10.1. The number of rotatable bonds is 6. The lowest BCUT2D eigenvalue weighted by Gasteiger charge is -2.00. The second-order valence-corrected chi connectivity index (χ2v) is 2.54. The Morgan fingerprint density at radius 1 is 1.33 bits per heavy atom. The van der Waals surface area contributed by atoms with Gasteiger partial charge in [-0.25, -0.2) is 0 Å². The predicted octanol–water partition coefficient (Wildman–Crippen LogP) is 1.92. The van der Waals surface area contributed by atoms with Crippen LogP contribution in [-0.4, -0.2) is 16.0 Å². The minimum atomic E-state index is -1.14.